The zero-order valence-corrected chi connectivity index (χ0v) is 17.4. The first kappa shape index (κ1) is 17.0. The molecule has 2 heteroatoms. The van der Waals surface area contributed by atoms with E-state index in [4.69, 9.17) is 4.98 Å². The Balaban J connectivity index is 1.79. The van der Waals surface area contributed by atoms with Crippen LogP contribution in [0.3, 0.4) is 0 Å². The van der Waals surface area contributed by atoms with E-state index < -0.39 is 0 Å². The maximum atomic E-state index is 5.23. The van der Waals surface area contributed by atoms with Crippen LogP contribution in [0.2, 0.25) is 0 Å². The van der Waals surface area contributed by atoms with Gasteiger partial charge in [0, 0.05) is 5.56 Å². The minimum Gasteiger partial charge on any atom is -0.291 e. The summed E-state index contributed by atoms with van der Waals surface area (Å²) in [5.74, 6) is 2.51. The Hall–Kier alpha value is -2.87. The molecule has 29 heavy (non-hydrogen) atoms. The Bertz CT molecular complexity index is 1240. The van der Waals surface area contributed by atoms with E-state index in [1.807, 2.05) is 0 Å². The van der Waals surface area contributed by atoms with Crippen molar-refractivity contribution in [3.8, 4) is 17.1 Å². The normalized spacial score (nSPS) is 19.8. The summed E-state index contributed by atoms with van der Waals surface area (Å²) in [4.78, 5) is 5.23. The molecule has 1 heterocycles. The number of fused-ring (bicyclic) bond motifs is 7. The summed E-state index contributed by atoms with van der Waals surface area (Å²) in [7, 11) is 0. The van der Waals surface area contributed by atoms with Crippen LogP contribution in [0, 0.1) is 20.8 Å². The molecule has 0 N–H and O–H groups in total. The lowest BCUT2D eigenvalue weighted by Crippen LogP contribution is -2.07. The minimum atomic E-state index is 0.695. The Morgan fingerprint density at radius 3 is 2.21 bits per heavy atom. The van der Waals surface area contributed by atoms with Gasteiger partial charge in [-0.25, -0.2) is 4.98 Å². The summed E-state index contributed by atoms with van der Waals surface area (Å²) in [6.45, 7) is 6.74. The number of para-hydroxylation sites is 1. The molecular weight excluding hydrogens is 352 g/mol. The zero-order valence-electron chi connectivity index (χ0n) is 17.4. The van der Waals surface area contributed by atoms with Gasteiger partial charge in [-0.1, -0.05) is 48.5 Å². The summed E-state index contributed by atoms with van der Waals surface area (Å²) < 4.78 is 2.48. The van der Waals surface area contributed by atoms with E-state index in [-0.39, 0.29) is 0 Å². The Morgan fingerprint density at radius 1 is 0.793 bits per heavy atom. The Kier molecular flexibility index (Phi) is 3.56. The van der Waals surface area contributed by atoms with Crippen LogP contribution in [0.4, 0.5) is 0 Å². The van der Waals surface area contributed by atoms with Crippen molar-refractivity contribution in [3.63, 3.8) is 0 Å². The van der Waals surface area contributed by atoms with E-state index in [1.54, 1.807) is 11.1 Å². The maximum Gasteiger partial charge on any atom is 0.145 e. The van der Waals surface area contributed by atoms with Crippen LogP contribution >= 0.6 is 0 Å². The van der Waals surface area contributed by atoms with Gasteiger partial charge in [0.15, 0.2) is 0 Å². The highest BCUT2D eigenvalue weighted by Gasteiger charge is 2.40. The summed E-state index contributed by atoms with van der Waals surface area (Å²) in [5, 5.41) is 0. The van der Waals surface area contributed by atoms with Crippen molar-refractivity contribution >= 4 is 11.0 Å². The molecule has 4 aromatic rings. The third kappa shape index (κ3) is 2.32. The van der Waals surface area contributed by atoms with Crippen molar-refractivity contribution in [2.24, 2.45) is 0 Å². The maximum absolute atomic E-state index is 5.23. The zero-order chi connectivity index (χ0) is 19.7. The van der Waals surface area contributed by atoms with Crippen LogP contribution in [-0.4, -0.2) is 9.55 Å². The predicted molar refractivity (Wildman–Crippen MR) is 120 cm³/mol. The number of hydrogen-bond donors (Lipinski definition) is 0. The monoisotopic (exact) mass is 378 g/mol. The van der Waals surface area contributed by atoms with Crippen molar-refractivity contribution in [2.45, 2.75) is 51.9 Å². The number of imidazole rings is 1. The first-order chi connectivity index (χ1) is 14.1. The van der Waals surface area contributed by atoms with Gasteiger partial charge < -0.3 is 0 Å². The van der Waals surface area contributed by atoms with E-state index in [9.17, 15) is 0 Å². The van der Waals surface area contributed by atoms with Gasteiger partial charge in [0.2, 0.25) is 0 Å². The van der Waals surface area contributed by atoms with E-state index in [0.717, 1.165) is 17.3 Å². The number of aryl methyl sites for hydroxylation is 3. The van der Waals surface area contributed by atoms with Gasteiger partial charge in [-0.2, -0.15) is 0 Å². The fourth-order valence-corrected chi connectivity index (χ4v) is 6.04. The molecule has 2 aliphatic rings. The molecular formula is C27H26N2. The first-order valence-corrected chi connectivity index (χ1v) is 10.8. The topological polar surface area (TPSA) is 17.8 Å². The van der Waals surface area contributed by atoms with Crippen LogP contribution in [0.5, 0.6) is 0 Å². The summed E-state index contributed by atoms with van der Waals surface area (Å²) in [6.07, 6.45) is 4.01. The average molecular weight is 379 g/mol. The van der Waals surface area contributed by atoms with E-state index in [1.165, 1.54) is 52.7 Å². The second kappa shape index (κ2) is 6.06. The van der Waals surface area contributed by atoms with Gasteiger partial charge in [0.1, 0.15) is 5.82 Å². The highest BCUT2D eigenvalue weighted by molar-refractivity contribution is 5.90. The molecule has 144 valence electrons. The van der Waals surface area contributed by atoms with E-state index in [2.05, 4.69) is 79.9 Å². The summed E-state index contributed by atoms with van der Waals surface area (Å²) >= 11 is 0. The van der Waals surface area contributed by atoms with Crippen LogP contribution in [0.1, 0.15) is 58.9 Å². The SMILES string of the molecule is Cc1cc2nc(-c3ccccc3)n(-c3c(C)cccc3C)c2c2c1C1CCC2C1. The lowest BCUT2D eigenvalue weighted by Gasteiger charge is -2.22. The second-order valence-corrected chi connectivity index (χ2v) is 8.97. The van der Waals surface area contributed by atoms with Crippen molar-refractivity contribution in [2.75, 3.05) is 0 Å². The van der Waals surface area contributed by atoms with Gasteiger partial charge >= 0.3 is 0 Å². The van der Waals surface area contributed by atoms with Gasteiger partial charge in [0.25, 0.3) is 0 Å². The number of benzene rings is 3. The molecule has 6 rings (SSSR count). The van der Waals surface area contributed by atoms with Crippen molar-refractivity contribution in [1.29, 1.82) is 0 Å². The van der Waals surface area contributed by atoms with Gasteiger partial charge in [-0.15, -0.1) is 0 Å². The second-order valence-electron chi connectivity index (χ2n) is 8.97. The third-order valence-electron chi connectivity index (χ3n) is 7.17. The minimum absolute atomic E-state index is 0.695. The van der Waals surface area contributed by atoms with Crippen LogP contribution in [0.25, 0.3) is 28.1 Å². The van der Waals surface area contributed by atoms with Crippen LogP contribution < -0.4 is 0 Å². The molecule has 2 bridgehead atoms. The van der Waals surface area contributed by atoms with Crippen molar-refractivity contribution in [1.82, 2.24) is 9.55 Å². The Labute approximate surface area is 172 Å². The predicted octanol–water partition coefficient (Wildman–Crippen LogP) is 6.98. The number of rotatable bonds is 2. The standard InChI is InChI=1S/C27H26N2/c1-16-8-7-9-17(2)25(16)29-26-22(28-27(29)19-10-5-4-6-11-19)14-18(3)23-20-12-13-21(15-20)24(23)26/h4-11,14,20-21H,12-13,15H2,1-3H3. The molecule has 0 radical (unpaired) electrons. The molecule has 0 amide bonds. The molecule has 0 aliphatic heterocycles. The molecule has 2 nitrogen and oxygen atoms in total. The molecule has 3 aromatic carbocycles. The molecule has 1 aromatic heterocycles. The Morgan fingerprint density at radius 2 is 1.48 bits per heavy atom. The van der Waals surface area contributed by atoms with Gasteiger partial charge in [-0.05, 0) is 85.8 Å². The smallest absolute Gasteiger partial charge is 0.145 e. The van der Waals surface area contributed by atoms with Crippen molar-refractivity contribution < 1.29 is 0 Å². The first-order valence-electron chi connectivity index (χ1n) is 10.8. The molecule has 0 spiro atoms. The number of aromatic nitrogens is 2. The summed E-state index contributed by atoms with van der Waals surface area (Å²) in [5.41, 5.74) is 12.2. The van der Waals surface area contributed by atoms with Gasteiger partial charge in [0.05, 0.1) is 16.7 Å². The van der Waals surface area contributed by atoms with Gasteiger partial charge in [-0.3, -0.25) is 4.57 Å². The largest absolute Gasteiger partial charge is 0.291 e. The number of nitrogens with zero attached hydrogens (tertiary/aromatic N) is 2. The fourth-order valence-electron chi connectivity index (χ4n) is 6.04. The van der Waals surface area contributed by atoms with Crippen molar-refractivity contribution in [3.05, 3.63) is 82.4 Å². The third-order valence-corrected chi connectivity index (χ3v) is 7.17. The lowest BCUT2D eigenvalue weighted by atomic mass is 9.87. The molecule has 2 aliphatic carbocycles. The van der Waals surface area contributed by atoms with Crippen LogP contribution in [-0.2, 0) is 0 Å². The fraction of sp³-hybridized carbons (Fsp3) is 0.296. The molecule has 2 atom stereocenters. The molecule has 1 fully saturated rings. The highest BCUT2D eigenvalue weighted by atomic mass is 15.1. The van der Waals surface area contributed by atoms with Crippen LogP contribution in [0.15, 0.2) is 54.6 Å². The number of hydrogen-bond acceptors (Lipinski definition) is 1. The molecule has 1 saturated carbocycles. The van der Waals surface area contributed by atoms with E-state index >= 15 is 0 Å². The average Bonchev–Trinajstić information content (AvgIpc) is 3.42. The van der Waals surface area contributed by atoms with E-state index in [0.29, 0.717) is 5.92 Å². The lowest BCUT2D eigenvalue weighted by molar-refractivity contribution is 0.716. The molecule has 0 saturated heterocycles. The highest BCUT2D eigenvalue weighted by Crippen LogP contribution is 2.56. The molecule has 2 unspecified atom stereocenters. The quantitative estimate of drug-likeness (QED) is 0.368. The summed E-state index contributed by atoms with van der Waals surface area (Å²) in [6, 6.07) is 19.6.